The van der Waals surface area contributed by atoms with Gasteiger partial charge < -0.3 is 14.7 Å². The summed E-state index contributed by atoms with van der Waals surface area (Å²) in [6.45, 7) is 6.48. The number of nitrogens with zero attached hydrogens (tertiary/aromatic N) is 1. The van der Waals surface area contributed by atoms with Crippen LogP contribution in [0.1, 0.15) is 40.0 Å². The second-order valence-corrected chi connectivity index (χ2v) is 5.05. The molecule has 0 bridgehead atoms. The molecule has 92 valence electrons. The molecule has 5 heteroatoms. The van der Waals surface area contributed by atoms with Gasteiger partial charge in [-0.25, -0.2) is 4.79 Å². The van der Waals surface area contributed by atoms with Crippen molar-refractivity contribution >= 4 is 12.1 Å². The van der Waals surface area contributed by atoms with Gasteiger partial charge in [-0.05, 0) is 27.2 Å². The Kier molecular flexibility index (Phi) is 3.78. The third kappa shape index (κ3) is 3.40. The van der Waals surface area contributed by atoms with Crippen LogP contribution in [0.3, 0.4) is 0 Å². The predicted molar refractivity (Wildman–Crippen MR) is 58.2 cm³/mol. The van der Waals surface area contributed by atoms with Crippen LogP contribution in [0.5, 0.6) is 0 Å². The van der Waals surface area contributed by atoms with Crippen molar-refractivity contribution in [2.75, 3.05) is 6.54 Å². The largest absolute Gasteiger partial charge is 0.481 e. The molecule has 1 unspecified atom stereocenters. The highest BCUT2D eigenvalue weighted by Crippen LogP contribution is 2.23. The van der Waals surface area contributed by atoms with Crippen molar-refractivity contribution in [1.82, 2.24) is 4.90 Å². The first-order valence-electron chi connectivity index (χ1n) is 5.51. The summed E-state index contributed by atoms with van der Waals surface area (Å²) in [5.74, 6) is -0.853. The first-order chi connectivity index (χ1) is 7.30. The summed E-state index contributed by atoms with van der Waals surface area (Å²) in [6, 6.07) is 0. The van der Waals surface area contributed by atoms with Gasteiger partial charge in [-0.1, -0.05) is 0 Å². The van der Waals surface area contributed by atoms with Gasteiger partial charge in [0.15, 0.2) is 0 Å². The van der Waals surface area contributed by atoms with Crippen molar-refractivity contribution in [2.45, 2.75) is 51.7 Å². The number of ether oxygens (including phenoxy) is 1. The van der Waals surface area contributed by atoms with E-state index >= 15 is 0 Å². The van der Waals surface area contributed by atoms with E-state index in [0.29, 0.717) is 19.4 Å². The molecule has 0 radical (unpaired) electrons. The van der Waals surface area contributed by atoms with Crippen LogP contribution in [0.15, 0.2) is 0 Å². The van der Waals surface area contributed by atoms with Gasteiger partial charge in [-0.3, -0.25) is 4.79 Å². The van der Waals surface area contributed by atoms with Gasteiger partial charge in [0.05, 0.1) is 0 Å². The van der Waals surface area contributed by atoms with E-state index in [4.69, 9.17) is 9.84 Å². The third-order valence-corrected chi connectivity index (χ3v) is 2.65. The first kappa shape index (κ1) is 12.8. The quantitative estimate of drug-likeness (QED) is 0.802. The van der Waals surface area contributed by atoms with E-state index < -0.39 is 5.97 Å². The molecule has 1 heterocycles. The molecule has 0 spiro atoms. The fraction of sp³-hybridized carbons (Fsp3) is 0.818. The van der Waals surface area contributed by atoms with Gasteiger partial charge in [0.2, 0.25) is 0 Å². The van der Waals surface area contributed by atoms with E-state index in [1.165, 1.54) is 0 Å². The maximum absolute atomic E-state index is 11.7. The summed E-state index contributed by atoms with van der Waals surface area (Å²) >= 11 is 0. The van der Waals surface area contributed by atoms with Crippen LogP contribution in [0.25, 0.3) is 0 Å². The lowest BCUT2D eigenvalue weighted by Crippen LogP contribution is -2.51. The predicted octanol–water partition coefficient (Wildman–Crippen LogP) is 1.86. The second-order valence-electron chi connectivity index (χ2n) is 5.05. The number of rotatable bonds is 3. The van der Waals surface area contributed by atoms with Gasteiger partial charge in [0.25, 0.3) is 0 Å². The summed E-state index contributed by atoms with van der Waals surface area (Å²) in [4.78, 5) is 23.7. The summed E-state index contributed by atoms with van der Waals surface area (Å²) < 4.78 is 5.20. The number of cyclic esters (lactones) is 1. The number of carbonyl (C=O) groups is 2. The standard InChI is InChI=1S/C11H19NO4/c1-11(2,3)12-7-6-8(16-10(12)15)4-5-9(13)14/h8H,4-7H2,1-3H3,(H,13,14). The Morgan fingerprint density at radius 2 is 2.19 bits per heavy atom. The Morgan fingerprint density at radius 3 is 2.62 bits per heavy atom. The van der Waals surface area contributed by atoms with Crippen LogP contribution < -0.4 is 0 Å². The highest BCUT2D eigenvalue weighted by molar-refractivity contribution is 5.70. The number of carbonyl (C=O) groups excluding carboxylic acids is 1. The van der Waals surface area contributed by atoms with Crippen LogP contribution in [-0.4, -0.2) is 40.3 Å². The van der Waals surface area contributed by atoms with Gasteiger partial charge in [-0.2, -0.15) is 0 Å². The van der Waals surface area contributed by atoms with Crippen molar-refractivity contribution in [2.24, 2.45) is 0 Å². The molecule has 1 fully saturated rings. The van der Waals surface area contributed by atoms with Crippen LogP contribution in [0.4, 0.5) is 4.79 Å². The molecule has 1 rings (SSSR count). The van der Waals surface area contributed by atoms with Crippen molar-refractivity contribution < 1.29 is 19.4 Å². The number of aliphatic carboxylic acids is 1. The Morgan fingerprint density at radius 1 is 1.56 bits per heavy atom. The summed E-state index contributed by atoms with van der Waals surface area (Å²) in [5.41, 5.74) is -0.241. The lowest BCUT2D eigenvalue weighted by Gasteiger charge is -2.40. The molecule has 1 saturated heterocycles. The van der Waals surface area contributed by atoms with Crippen LogP contribution >= 0.6 is 0 Å². The van der Waals surface area contributed by atoms with E-state index in [9.17, 15) is 9.59 Å². The van der Waals surface area contributed by atoms with Crippen LogP contribution in [0.2, 0.25) is 0 Å². The van der Waals surface area contributed by atoms with Crippen molar-refractivity contribution in [3.8, 4) is 0 Å². The molecule has 0 aromatic rings. The third-order valence-electron chi connectivity index (χ3n) is 2.65. The maximum atomic E-state index is 11.7. The molecule has 0 saturated carbocycles. The number of amides is 1. The molecule has 0 aromatic carbocycles. The fourth-order valence-electron chi connectivity index (χ4n) is 1.73. The topological polar surface area (TPSA) is 66.8 Å². The molecule has 1 atom stereocenters. The molecular formula is C11H19NO4. The zero-order chi connectivity index (χ0) is 12.3. The summed E-state index contributed by atoms with van der Waals surface area (Å²) in [7, 11) is 0. The lowest BCUT2D eigenvalue weighted by atomic mass is 10.0. The average Bonchev–Trinajstić information content (AvgIpc) is 2.12. The Labute approximate surface area is 95.4 Å². The first-order valence-corrected chi connectivity index (χ1v) is 5.51. The van der Waals surface area contributed by atoms with Crippen molar-refractivity contribution in [3.63, 3.8) is 0 Å². The van der Waals surface area contributed by atoms with Gasteiger partial charge in [-0.15, -0.1) is 0 Å². The lowest BCUT2D eigenvalue weighted by molar-refractivity contribution is -0.137. The molecule has 0 aromatic heterocycles. The monoisotopic (exact) mass is 229 g/mol. The minimum absolute atomic E-state index is 0.0491. The normalized spacial score (nSPS) is 21.8. The molecule has 1 aliphatic rings. The van der Waals surface area contributed by atoms with Crippen LogP contribution in [-0.2, 0) is 9.53 Å². The maximum Gasteiger partial charge on any atom is 0.410 e. The molecule has 1 amide bonds. The van der Waals surface area contributed by atoms with E-state index in [1.54, 1.807) is 4.90 Å². The minimum Gasteiger partial charge on any atom is -0.481 e. The highest BCUT2D eigenvalue weighted by atomic mass is 16.6. The number of carboxylic acid groups (broad SMARTS) is 1. The number of hydrogen-bond donors (Lipinski definition) is 1. The summed E-state index contributed by atoms with van der Waals surface area (Å²) in [5, 5.41) is 8.54. The molecule has 0 aliphatic carbocycles. The van der Waals surface area contributed by atoms with E-state index in [0.717, 1.165) is 0 Å². The molecular weight excluding hydrogens is 210 g/mol. The zero-order valence-corrected chi connectivity index (χ0v) is 10.0. The van der Waals surface area contributed by atoms with E-state index in [2.05, 4.69) is 0 Å². The SMILES string of the molecule is CC(C)(C)N1CCC(CCC(=O)O)OC1=O. The Balaban J connectivity index is 2.46. The molecule has 16 heavy (non-hydrogen) atoms. The molecule has 1 aliphatic heterocycles. The summed E-state index contributed by atoms with van der Waals surface area (Å²) in [6.07, 6.45) is 0.569. The fourth-order valence-corrected chi connectivity index (χ4v) is 1.73. The number of hydrogen-bond acceptors (Lipinski definition) is 3. The van der Waals surface area contributed by atoms with E-state index in [-0.39, 0.29) is 24.2 Å². The minimum atomic E-state index is -0.853. The van der Waals surface area contributed by atoms with Gasteiger partial charge in [0, 0.05) is 24.9 Å². The Hall–Kier alpha value is -1.26. The number of carboxylic acids is 1. The highest BCUT2D eigenvalue weighted by Gasteiger charge is 2.33. The average molecular weight is 229 g/mol. The van der Waals surface area contributed by atoms with Gasteiger partial charge >= 0.3 is 12.1 Å². The van der Waals surface area contributed by atoms with Crippen molar-refractivity contribution in [3.05, 3.63) is 0 Å². The van der Waals surface area contributed by atoms with Crippen molar-refractivity contribution in [1.29, 1.82) is 0 Å². The molecule has 1 N–H and O–H groups in total. The van der Waals surface area contributed by atoms with E-state index in [1.807, 2.05) is 20.8 Å². The van der Waals surface area contributed by atoms with Gasteiger partial charge in [0.1, 0.15) is 6.10 Å². The second kappa shape index (κ2) is 4.72. The Bertz CT molecular complexity index is 282. The smallest absolute Gasteiger partial charge is 0.410 e. The zero-order valence-electron chi connectivity index (χ0n) is 10.0. The van der Waals surface area contributed by atoms with Crippen LogP contribution in [0, 0.1) is 0 Å². The molecule has 5 nitrogen and oxygen atoms in total.